The smallest absolute Gasteiger partial charge is 0.303 e. The minimum absolute atomic E-state index is 0.166. The van der Waals surface area contributed by atoms with Crippen LogP contribution in [0.3, 0.4) is 0 Å². The first-order valence-electron chi connectivity index (χ1n) is 6.10. The van der Waals surface area contributed by atoms with Gasteiger partial charge in [0.25, 0.3) is 0 Å². The van der Waals surface area contributed by atoms with Crippen molar-refractivity contribution in [3.63, 3.8) is 0 Å². The van der Waals surface area contributed by atoms with Gasteiger partial charge in [0, 0.05) is 30.3 Å². The molecule has 0 aliphatic rings. The van der Waals surface area contributed by atoms with Crippen LogP contribution in [0.25, 0.3) is 0 Å². The van der Waals surface area contributed by atoms with Gasteiger partial charge in [-0.3, -0.25) is 4.79 Å². The van der Waals surface area contributed by atoms with Crippen LogP contribution < -0.4 is 5.73 Å². The van der Waals surface area contributed by atoms with E-state index < -0.39 is 5.97 Å². The third-order valence-corrected chi connectivity index (χ3v) is 3.28. The van der Waals surface area contributed by atoms with Gasteiger partial charge in [-0.15, -0.1) is 0 Å². The number of aliphatic carboxylic acids is 1. The Kier molecular flexibility index (Phi) is 4.75. The van der Waals surface area contributed by atoms with E-state index in [2.05, 4.69) is 11.9 Å². The average molecular weight is 238 g/mol. The van der Waals surface area contributed by atoms with Crippen LogP contribution in [0, 0.1) is 13.8 Å². The number of rotatable bonds is 6. The third-order valence-electron chi connectivity index (χ3n) is 3.28. The number of hydrogen-bond donors (Lipinski definition) is 3. The lowest BCUT2D eigenvalue weighted by atomic mass is 10.0. The lowest BCUT2D eigenvalue weighted by Gasteiger charge is -2.08. The SMILES string of the molecule is CCC(N)Cc1[nH]c(C)c(CCC(=O)O)c1C. The summed E-state index contributed by atoms with van der Waals surface area (Å²) in [7, 11) is 0. The topological polar surface area (TPSA) is 79.1 Å². The monoisotopic (exact) mass is 238 g/mol. The van der Waals surface area contributed by atoms with Gasteiger partial charge in [0.15, 0.2) is 0 Å². The van der Waals surface area contributed by atoms with Gasteiger partial charge < -0.3 is 15.8 Å². The lowest BCUT2D eigenvalue weighted by Crippen LogP contribution is -2.22. The summed E-state index contributed by atoms with van der Waals surface area (Å²) >= 11 is 0. The van der Waals surface area contributed by atoms with Gasteiger partial charge in [0.05, 0.1) is 0 Å². The van der Waals surface area contributed by atoms with Gasteiger partial charge in [-0.1, -0.05) is 6.92 Å². The van der Waals surface area contributed by atoms with Gasteiger partial charge in [-0.05, 0) is 37.8 Å². The molecule has 1 heterocycles. The summed E-state index contributed by atoms with van der Waals surface area (Å²) in [5, 5.41) is 8.72. The van der Waals surface area contributed by atoms with Crippen molar-refractivity contribution in [2.75, 3.05) is 0 Å². The number of carbonyl (C=O) groups is 1. The number of H-pyrrole nitrogens is 1. The molecule has 0 aliphatic heterocycles. The molecular weight excluding hydrogens is 216 g/mol. The summed E-state index contributed by atoms with van der Waals surface area (Å²) in [5.74, 6) is -0.753. The number of aryl methyl sites for hydroxylation is 1. The summed E-state index contributed by atoms with van der Waals surface area (Å²) in [6.07, 6.45) is 2.54. The number of nitrogens with two attached hydrogens (primary N) is 1. The van der Waals surface area contributed by atoms with Crippen molar-refractivity contribution in [1.29, 1.82) is 0 Å². The molecule has 96 valence electrons. The van der Waals surface area contributed by atoms with Crippen LogP contribution in [-0.2, 0) is 17.6 Å². The van der Waals surface area contributed by atoms with Crippen molar-refractivity contribution in [2.24, 2.45) is 5.73 Å². The van der Waals surface area contributed by atoms with Gasteiger partial charge in [-0.2, -0.15) is 0 Å². The van der Waals surface area contributed by atoms with Crippen LogP contribution >= 0.6 is 0 Å². The zero-order chi connectivity index (χ0) is 13.0. The van der Waals surface area contributed by atoms with Crippen LogP contribution in [0.2, 0.25) is 0 Å². The molecule has 0 fully saturated rings. The van der Waals surface area contributed by atoms with Gasteiger partial charge in [0.2, 0.25) is 0 Å². The molecule has 0 saturated carbocycles. The first-order valence-corrected chi connectivity index (χ1v) is 6.10. The average Bonchev–Trinajstić information content (AvgIpc) is 2.51. The first kappa shape index (κ1) is 13.8. The quantitative estimate of drug-likeness (QED) is 0.708. The number of hydrogen-bond acceptors (Lipinski definition) is 2. The highest BCUT2D eigenvalue weighted by Crippen LogP contribution is 2.20. The van der Waals surface area contributed by atoms with Crippen LogP contribution in [-0.4, -0.2) is 22.1 Å². The molecule has 0 radical (unpaired) electrons. The number of carboxylic acid groups (broad SMARTS) is 1. The molecule has 0 spiro atoms. The van der Waals surface area contributed by atoms with Crippen molar-refractivity contribution in [2.45, 2.75) is 52.5 Å². The Hall–Kier alpha value is -1.29. The molecule has 0 aliphatic carbocycles. The first-order chi connectivity index (χ1) is 7.95. The predicted octanol–water partition coefficient (Wildman–Crippen LogP) is 1.93. The van der Waals surface area contributed by atoms with Gasteiger partial charge in [0.1, 0.15) is 0 Å². The maximum atomic E-state index is 10.6. The highest BCUT2D eigenvalue weighted by molar-refractivity contribution is 5.67. The lowest BCUT2D eigenvalue weighted by molar-refractivity contribution is -0.136. The fourth-order valence-corrected chi connectivity index (χ4v) is 2.08. The van der Waals surface area contributed by atoms with Crippen LogP contribution in [0.5, 0.6) is 0 Å². The molecule has 4 nitrogen and oxygen atoms in total. The molecule has 0 amide bonds. The Labute approximate surface area is 102 Å². The summed E-state index contributed by atoms with van der Waals surface area (Å²) in [6, 6.07) is 0.166. The van der Waals surface area contributed by atoms with Crippen molar-refractivity contribution >= 4 is 5.97 Å². The number of aromatic amines is 1. The number of aromatic nitrogens is 1. The van der Waals surface area contributed by atoms with Crippen molar-refractivity contribution in [1.82, 2.24) is 4.98 Å². The molecule has 1 rings (SSSR count). The molecule has 0 saturated heterocycles. The molecule has 4 heteroatoms. The second-order valence-corrected chi connectivity index (χ2v) is 4.60. The van der Waals surface area contributed by atoms with E-state index in [1.54, 1.807) is 0 Å². The maximum Gasteiger partial charge on any atom is 0.303 e. The van der Waals surface area contributed by atoms with Crippen molar-refractivity contribution in [3.8, 4) is 0 Å². The van der Waals surface area contributed by atoms with E-state index in [1.165, 1.54) is 5.56 Å². The van der Waals surface area contributed by atoms with E-state index in [9.17, 15) is 4.79 Å². The Morgan fingerprint density at radius 3 is 2.65 bits per heavy atom. The fraction of sp³-hybridized carbons (Fsp3) is 0.615. The third kappa shape index (κ3) is 3.60. The second-order valence-electron chi connectivity index (χ2n) is 4.60. The minimum atomic E-state index is -0.753. The molecule has 17 heavy (non-hydrogen) atoms. The highest BCUT2D eigenvalue weighted by atomic mass is 16.4. The fourth-order valence-electron chi connectivity index (χ4n) is 2.08. The van der Waals surface area contributed by atoms with E-state index in [4.69, 9.17) is 10.8 Å². The summed E-state index contributed by atoms with van der Waals surface area (Å²) in [5.41, 5.74) is 10.5. The Bertz CT molecular complexity index is 396. The van der Waals surface area contributed by atoms with E-state index in [1.807, 2.05) is 13.8 Å². The Balaban J connectivity index is 2.82. The van der Waals surface area contributed by atoms with Gasteiger partial charge >= 0.3 is 5.97 Å². The Morgan fingerprint density at radius 2 is 2.12 bits per heavy atom. The Morgan fingerprint density at radius 1 is 1.47 bits per heavy atom. The zero-order valence-electron chi connectivity index (χ0n) is 10.8. The summed E-state index contributed by atoms with van der Waals surface area (Å²) in [6.45, 7) is 6.10. The molecule has 4 N–H and O–H groups in total. The van der Waals surface area contributed by atoms with E-state index in [0.29, 0.717) is 6.42 Å². The molecule has 1 unspecified atom stereocenters. The minimum Gasteiger partial charge on any atom is -0.481 e. The van der Waals surface area contributed by atoms with Crippen LogP contribution in [0.15, 0.2) is 0 Å². The number of nitrogens with one attached hydrogen (secondary N) is 1. The van der Waals surface area contributed by atoms with Crippen molar-refractivity contribution in [3.05, 3.63) is 22.5 Å². The second kappa shape index (κ2) is 5.87. The van der Waals surface area contributed by atoms with E-state index >= 15 is 0 Å². The largest absolute Gasteiger partial charge is 0.481 e. The standard InChI is InChI=1S/C13H22N2O2/c1-4-10(14)7-12-8(2)11(9(3)15-12)5-6-13(16)17/h10,15H,4-7,14H2,1-3H3,(H,16,17). The predicted molar refractivity (Wildman–Crippen MR) is 68.2 cm³/mol. The highest BCUT2D eigenvalue weighted by Gasteiger charge is 2.14. The summed E-state index contributed by atoms with van der Waals surface area (Å²) in [4.78, 5) is 13.9. The molecule has 1 aromatic rings. The zero-order valence-corrected chi connectivity index (χ0v) is 10.8. The number of carboxylic acids is 1. The molecule has 1 aromatic heterocycles. The van der Waals surface area contributed by atoms with Crippen LogP contribution in [0.1, 0.15) is 42.3 Å². The molecule has 0 bridgehead atoms. The van der Waals surface area contributed by atoms with Gasteiger partial charge in [-0.25, -0.2) is 0 Å². The van der Waals surface area contributed by atoms with Crippen molar-refractivity contribution < 1.29 is 9.90 Å². The molecule has 1 atom stereocenters. The normalized spacial score (nSPS) is 12.7. The van der Waals surface area contributed by atoms with E-state index in [-0.39, 0.29) is 12.5 Å². The maximum absolute atomic E-state index is 10.6. The van der Waals surface area contributed by atoms with Crippen LogP contribution in [0.4, 0.5) is 0 Å². The van der Waals surface area contributed by atoms with E-state index in [0.717, 1.165) is 29.8 Å². The molecular formula is C13H22N2O2. The molecule has 0 aromatic carbocycles. The summed E-state index contributed by atoms with van der Waals surface area (Å²) < 4.78 is 0.